The molecule has 5 heteroatoms. The first-order valence-electron chi connectivity index (χ1n) is 6.33. The van der Waals surface area contributed by atoms with Gasteiger partial charge in [-0.15, -0.1) is 0 Å². The maximum atomic E-state index is 10.6. The summed E-state index contributed by atoms with van der Waals surface area (Å²) < 4.78 is 5.33. The Morgan fingerprint density at radius 1 is 1.53 bits per heavy atom. The van der Waals surface area contributed by atoms with Crippen LogP contribution in [0.4, 0.5) is 5.69 Å². The maximum absolute atomic E-state index is 10.6. The number of carboxylic acid groups (broad SMARTS) is 1. The lowest BCUT2D eigenvalue weighted by Crippen LogP contribution is -2.37. The Bertz CT molecular complexity index is 435. The summed E-state index contributed by atoms with van der Waals surface area (Å²) in [4.78, 5) is 12.6. The summed E-state index contributed by atoms with van der Waals surface area (Å²) in [6.45, 7) is 2.55. The molecule has 0 radical (unpaired) electrons. The molecule has 5 nitrogen and oxygen atoms in total. The SMILES string of the molecule is CCc1ccc(OC)c(N(C)CC(N)CC(=O)O)c1. The fourth-order valence-electron chi connectivity index (χ4n) is 1.99. The quantitative estimate of drug-likeness (QED) is 0.782. The van der Waals surface area contributed by atoms with Crippen LogP contribution in [0.1, 0.15) is 18.9 Å². The van der Waals surface area contributed by atoms with Gasteiger partial charge in [-0.2, -0.15) is 0 Å². The molecule has 0 spiro atoms. The smallest absolute Gasteiger partial charge is 0.304 e. The number of aryl methyl sites for hydroxylation is 1. The lowest BCUT2D eigenvalue weighted by molar-refractivity contribution is -0.137. The lowest BCUT2D eigenvalue weighted by atomic mass is 10.1. The van der Waals surface area contributed by atoms with Crippen molar-refractivity contribution in [3.63, 3.8) is 0 Å². The van der Waals surface area contributed by atoms with Gasteiger partial charge in [0.15, 0.2) is 0 Å². The normalized spacial score (nSPS) is 12.0. The summed E-state index contributed by atoms with van der Waals surface area (Å²) in [7, 11) is 3.51. The van der Waals surface area contributed by atoms with Gasteiger partial charge in [0.1, 0.15) is 5.75 Å². The van der Waals surface area contributed by atoms with Crippen LogP contribution in [0.2, 0.25) is 0 Å². The van der Waals surface area contributed by atoms with Gasteiger partial charge in [-0.05, 0) is 24.1 Å². The summed E-state index contributed by atoms with van der Waals surface area (Å²) in [6, 6.07) is 5.59. The largest absolute Gasteiger partial charge is 0.495 e. The number of carbonyl (C=O) groups is 1. The van der Waals surface area contributed by atoms with Gasteiger partial charge in [0.05, 0.1) is 19.2 Å². The number of carboxylic acids is 1. The summed E-state index contributed by atoms with van der Waals surface area (Å²) in [6.07, 6.45) is 0.895. The van der Waals surface area contributed by atoms with Crippen LogP contribution < -0.4 is 15.4 Å². The van der Waals surface area contributed by atoms with E-state index in [-0.39, 0.29) is 6.42 Å². The van der Waals surface area contributed by atoms with Crippen LogP contribution in [0.5, 0.6) is 5.75 Å². The third-order valence-corrected chi connectivity index (χ3v) is 3.01. The van der Waals surface area contributed by atoms with Crippen molar-refractivity contribution >= 4 is 11.7 Å². The highest BCUT2D eigenvalue weighted by molar-refractivity contribution is 5.67. The van der Waals surface area contributed by atoms with E-state index in [1.807, 2.05) is 30.1 Å². The molecule has 3 N–H and O–H groups in total. The van der Waals surface area contributed by atoms with Gasteiger partial charge in [-0.3, -0.25) is 4.79 Å². The summed E-state index contributed by atoms with van der Waals surface area (Å²) in [5, 5.41) is 8.73. The zero-order valence-corrected chi connectivity index (χ0v) is 11.7. The van der Waals surface area contributed by atoms with Crippen LogP contribution in [-0.4, -0.2) is 37.8 Å². The summed E-state index contributed by atoms with van der Waals surface area (Å²) >= 11 is 0. The highest BCUT2D eigenvalue weighted by Crippen LogP contribution is 2.28. The second kappa shape index (κ2) is 6.99. The molecule has 0 bridgehead atoms. The van der Waals surface area contributed by atoms with Gasteiger partial charge in [-0.1, -0.05) is 13.0 Å². The number of anilines is 1. The average Bonchev–Trinajstić information content (AvgIpc) is 2.36. The van der Waals surface area contributed by atoms with E-state index in [1.165, 1.54) is 5.56 Å². The number of aliphatic carboxylic acids is 1. The zero-order chi connectivity index (χ0) is 14.4. The van der Waals surface area contributed by atoms with Gasteiger partial charge in [0.2, 0.25) is 0 Å². The number of benzene rings is 1. The molecular formula is C14H22N2O3. The predicted molar refractivity (Wildman–Crippen MR) is 75.9 cm³/mol. The third kappa shape index (κ3) is 4.44. The molecule has 0 aromatic heterocycles. The first-order chi connectivity index (χ1) is 8.97. The zero-order valence-electron chi connectivity index (χ0n) is 11.7. The topological polar surface area (TPSA) is 75.8 Å². The van der Waals surface area contributed by atoms with Crippen LogP contribution in [-0.2, 0) is 11.2 Å². The first-order valence-corrected chi connectivity index (χ1v) is 6.33. The summed E-state index contributed by atoms with van der Waals surface area (Å²) in [5.74, 6) is -0.114. The van der Waals surface area contributed by atoms with Crippen molar-refractivity contribution in [1.82, 2.24) is 0 Å². The van der Waals surface area contributed by atoms with Gasteiger partial charge in [0.25, 0.3) is 0 Å². The Morgan fingerprint density at radius 2 is 2.21 bits per heavy atom. The van der Waals surface area contributed by atoms with Crippen LogP contribution in [0.15, 0.2) is 18.2 Å². The second-order valence-corrected chi connectivity index (χ2v) is 4.60. The first kappa shape index (κ1) is 15.3. The molecule has 106 valence electrons. The van der Waals surface area contributed by atoms with Gasteiger partial charge in [0, 0.05) is 19.6 Å². The maximum Gasteiger partial charge on any atom is 0.304 e. The third-order valence-electron chi connectivity index (χ3n) is 3.01. The van der Waals surface area contributed by atoms with E-state index in [4.69, 9.17) is 15.6 Å². The Hall–Kier alpha value is -1.75. The van der Waals surface area contributed by atoms with E-state index in [0.29, 0.717) is 6.54 Å². The van der Waals surface area contributed by atoms with Crippen molar-refractivity contribution in [3.05, 3.63) is 23.8 Å². The number of hydrogen-bond donors (Lipinski definition) is 2. The van der Waals surface area contributed by atoms with E-state index in [9.17, 15) is 4.79 Å². The van der Waals surface area contributed by atoms with E-state index in [1.54, 1.807) is 7.11 Å². The van der Waals surface area contributed by atoms with Gasteiger partial charge >= 0.3 is 5.97 Å². The minimum Gasteiger partial charge on any atom is -0.495 e. The fourth-order valence-corrected chi connectivity index (χ4v) is 1.99. The molecule has 0 aliphatic rings. The Kier molecular flexibility index (Phi) is 5.63. The van der Waals surface area contributed by atoms with E-state index < -0.39 is 12.0 Å². The average molecular weight is 266 g/mol. The monoisotopic (exact) mass is 266 g/mol. The van der Waals surface area contributed by atoms with Crippen LogP contribution in [0, 0.1) is 0 Å². The Morgan fingerprint density at radius 3 is 2.74 bits per heavy atom. The fraction of sp³-hybridized carbons (Fsp3) is 0.500. The van der Waals surface area contributed by atoms with Gasteiger partial charge in [-0.25, -0.2) is 0 Å². The molecule has 0 aliphatic carbocycles. The van der Waals surface area contributed by atoms with Crippen molar-refractivity contribution in [2.75, 3.05) is 25.6 Å². The van der Waals surface area contributed by atoms with Crippen molar-refractivity contribution in [3.8, 4) is 5.75 Å². The van der Waals surface area contributed by atoms with Crippen molar-refractivity contribution < 1.29 is 14.6 Å². The summed E-state index contributed by atoms with van der Waals surface area (Å²) in [5.41, 5.74) is 7.95. The molecule has 0 heterocycles. The highest BCUT2D eigenvalue weighted by atomic mass is 16.5. The number of methoxy groups -OCH3 is 1. The Labute approximate surface area is 114 Å². The number of likely N-dealkylation sites (N-methyl/N-ethyl adjacent to an activating group) is 1. The molecule has 1 atom stereocenters. The van der Waals surface area contributed by atoms with Crippen LogP contribution in [0.3, 0.4) is 0 Å². The van der Waals surface area contributed by atoms with Crippen LogP contribution in [0.25, 0.3) is 0 Å². The lowest BCUT2D eigenvalue weighted by Gasteiger charge is -2.25. The molecule has 1 aromatic rings. The number of hydrogen-bond acceptors (Lipinski definition) is 4. The molecule has 0 saturated heterocycles. The second-order valence-electron chi connectivity index (χ2n) is 4.60. The van der Waals surface area contributed by atoms with Crippen LogP contribution >= 0.6 is 0 Å². The van der Waals surface area contributed by atoms with E-state index >= 15 is 0 Å². The predicted octanol–water partition coefficient (Wildman–Crippen LogP) is 1.50. The molecule has 19 heavy (non-hydrogen) atoms. The number of nitrogens with zero attached hydrogens (tertiary/aromatic N) is 1. The molecule has 1 rings (SSSR count). The van der Waals surface area contributed by atoms with E-state index in [2.05, 4.69) is 6.92 Å². The van der Waals surface area contributed by atoms with Crippen molar-refractivity contribution in [2.24, 2.45) is 5.73 Å². The molecule has 1 unspecified atom stereocenters. The highest BCUT2D eigenvalue weighted by Gasteiger charge is 2.14. The van der Waals surface area contributed by atoms with E-state index in [0.717, 1.165) is 17.9 Å². The number of ether oxygens (including phenoxy) is 1. The van der Waals surface area contributed by atoms with Gasteiger partial charge < -0.3 is 20.5 Å². The van der Waals surface area contributed by atoms with Crippen molar-refractivity contribution in [2.45, 2.75) is 25.8 Å². The number of nitrogens with two attached hydrogens (primary N) is 1. The molecule has 0 aliphatic heterocycles. The molecule has 0 saturated carbocycles. The standard InChI is InChI=1S/C14H22N2O3/c1-4-10-5-6-13(19-3)12(7-10)16(2)9-11(15)8-14(17)18/h5-7,11H,4,8-9,15H2,1-3H3,(H,17,18). The molecular weight excluding hydrogens is 244 g/mol. The minimum atomic E-state index is -0.879. The molecule has 0 fully saturated rings. The molecule has 0 amide bonds. The number of rotatable bonds is 7. The van der Waals surface area contributed by atoms with Crippen molar-refractivity contribution in [1.29, 1.82) is 0 Å². The molecule has 1 aromatic carbocycles. The minimum absolute atomic E-state index is 0.0415. The Balaban J connectivity index is 2.84.